The van der Waals surface area contributed by atoms with E-state index in [1.54, 1.807) is 12.1 Å². The van der Waals surface area contributed by atoms with E-state index in [4.69, 9.17) is 11.0 Å². The van der Waals surface area contributed by atoms with Crippen LogP contribution in [0.3, 0.4) is 0 Å². The summed E-state index contributed by atoms with van der Waals surface area (Å²) >= 11 is 0. The Bertz CT molecular complexity index is 481. The van der Waals surface area contributed by atoms with Gasteiger partial charge in [-0.1, -0.05) is 19.4 Å². The van der Waals surface area contributed by atoms with Crippen LogP contribution in [0.1, 0.15) is 43.4 Å². The van der Waals surface area contributed by atoms with E-state index in [-0.39, 0.29) is 11.6 Å². The lowest BCUT2D eigenvalue weighted by molar-refractivity contribution is 0.166. The Kier molecular flexibility index (Phi) is 5.11. The molecule has 1 aromatic carbocycles. The summed E-state index contributed by atoms with van der Waals surface area (Å²) in [5, 5.41) is 9.01. The van der Waals surface area contributed by atoms with Crippen molar-refractivity contribution in [1.29, 1.82) is 5.26 Å². The van der Waals surface area contributed by atoms with Crippen molar-refractivity contribution in [3.63, 3.8) is 0 Å². The molecule has 0 saturated carbocycles. The van der Waals surface area contributed by atoms with Crippen LogP contribution in [0, 0.1) is 23.1 Å². The average molecular weight is 275 g/mol. The normalized spacial score (nSPS) is 24.1. The van der Waals surface area contributed by atoms with E-state index in [2.05, 4.69) is 11.8 Å². The van der Waals surface area contributed by atoms with Gasteiger partial charge in [0, 0.05) is 6.04 Å². The number of nitrogens with zero attached hydrogens (tertiary/aromatic N) is 2. The van der Waals surface area contributed by atoms with Gasteiger partial charge in [0.1, 0.15) is 11.9 Å². The second-order valence-corrected chi connectivity index (χ2v) is 5.42. The van der Waals surface area contributed by atoms with Crippen molar-refractivity contribution in [2.24, 2.45) is 11.7 Å². The number of nitrogens with two attached hydrogens (primary N) is 1. The van der Waals surface area contributed by atoms with Crippen molar-refractivity contribution in [2.75, 3.05) is 19.6 Å². The lowest BCUT2D eigenvalue weighted by Crippen LogP contribution is -2.35. The molecule has 0 bridgehead atoms. The van der Waals surface area contributed by atoms with E-state index in [9.17, 15) is 4.39 Å². The van der Waals surface area contributed by atoms with Gasteiger partial charge in [-0.05, 0) is 56.1 Å². The Morgan fingerprint density at radius 2 is 2.25 bits per heavy atom. The number of benzene rings is 1. The number of halogens is 1. The Labute approximate surface area is 120 Å². The summed E-state index contributed by atoms with van der Waals surface area (Å²) in [6.45, 7) is 4.75. The Hall–Kier alpha value is -1.44. The van der Waals surface area contributed by atoms with Gasteiger partial charge in [-0.3, -0.25) is 4.90 Å². The smallest absolute Gasteiger partial charge is 0.140 e. The number of hydrogen-bond acceptors (Lipinski definition) is 3. The number of nitriles is 1. The highest BCUT2D eigenvalue weighted by Gasteiger charge is 2.29. The van der Waals surface area contributed by atoms with E-state index < -0.39 is 5.82 Å². The van der Waals surface area contributed by atoms with E-state index in [1.807, 2.05) is 6.07 Å². The largest absolute Gasteiger partial charge is 0.330 e. The maximum atomic E-state index is 13.5. The fourth-order valence-electron chi connectivity index (χ4n) is 3.21. The van der Waals surface area contributed by atoms with Crippen LogP contribution in [0.4, 0.5) is 4.39 Å². The highest BCUT2D eigenvalue weighted by Crippen LogP contribution is 2.35. The van der Waals surface area contributed by atoms with Crippen LogP contribution >= 0.6 is 0 Å². The van der Waals surface area contributed by atoms with Gasteiger partial charge >= 0.3 is 0 Å². The third-order valence-corrected chi connectivity index (χ3v) is 4.27. The van der Waals surface area contributed by atoms with Crippen molar-refractivity contribution in [3.8, 4) is 6.07 Å². The molecule has 1 saturated heterocycles. The molecular formula is C16H22FN3. The first kappa shape index (κ1) is 15.0. The molecule has 0 radical (unpaired) electrons. The molecule has 0 amide bonds. The van der Waals surface area contributed by atoms with Crippen LogP contribution in [0.2, 0.25) is 0 Å². The predicted molar refractivity (Wildman–Crippen MR) is 77.5 cm³/mol. The van der Waals surface area contributed by atoms with Crippen molar-refractivity contribution >= 4 is 0 Å². The molecule has 0 aromatic heterocycles. The molecule has 2 atom stereocenters. The first-order chi connectivity index (χ1) is 9.71. The van der Waals surface area contributed by atoms with Crippen molar-refractivity contribution < 1.29 is 4.39 Å². The highest BCUT2D eigenvalue weighted by atomic mass is 19.1. The molecule has 2 unspecified atom stereocenters. The van der Waals surface area contributed by atoms with Crippen LogP contribution in [0.15, 0.2) is 18.2 Å². The molecular weight excluding hydrogens is 253 g/mol. The van der Waals surface area contributed by atoms with Crippen LogP contribution in [-0.2, 0) is 0 Å². The summed E-state index contributed by atoms with van der Waals surface area (Å²) < 4.78 is 13.5. The summed E-state index contributed by atoms with van der Waals surface area (Å²) in [5.74, 6) is -0.0772. The molecule has 2 N–H and O–H groups in total. The van der Waals surface area contributed by atoms with Crippen LogP contribution < -0.4 is 5.73 Å². The average Bonchev–Trinajstić information content (AvgIpc) is 2.69. The number of rotatable bonds is 3. The summed E-state index contributed by atoms with van der Waals surface area (Å²) in [7, 11) is 0. The van der Waals surface area contributed by atoms with Gasteiger partial charge < -0.3 is 5.73 Å². The van der Waals surface area contributed by atoms with Gasteiger partial charge in [0.2, 0.25) is 0 Å². The van der Waals surface area contributed by atoms with Crippen LogP contribution in [0.25, 0.3) is 0 Å². The predicted octanol–water partition coefficient (Wildman–Crippen LogP) is 2.82. The lowest BCUT2D eigenvalue weighted by Gasteiger charge is -2.34. The fraction of sp³-hybridized carbons (Fsp3) is 0.562. The van der Waals surface area contributed by atoms with Crippen LogP contribution in [0.5, 0.6) is 0 Å². The van der Waals surface area contributed by atoms with Crippen molar-refractivity contribution in [2.45, 2.75) is 32.2 Å². The molecule has 108 valence electrons. The Morgan fingerprint density at radius 3 is 2.90 bits per heavy atom. The van der Waals surface area contributed by atoms with Gasteiger partial charge in [0.15, 0.2) is 0 Å². The molecule has 20 heavy (non-hydrogen) atoms. The quantitative estimate of drug-likeness (QED) is 0.923. The van der Waals surface area contributed by atoms with Crippen LogP contribution in [-0.4, -0.2) is 24.5 Å². The molecule has 1 aliphatic rings. The SMILES string of the molecule is CCN1CCCCC(CN)C1c1ccc(F)c(C#N)c1. The van der Waals surface area contributed by atoms with E-state index >= 15 is 0 Å². The first-order valence-corrected chi connectivity index (χ1v) is 7.35. The molecule has 1 fully saturated rings. The molecule has 2 rings (SSSR count). The molecule has 0 spiro atoms. The number of hydrogen-bond donors (Lipinski definition) is 1. The minimum absolute atomic E-state index is 0.124. The zero-order valence-corrected chi connectivity index (χ0v) is 12.0. The molecule has 3 nitrogen and oxygen atoms in total. The standard InChI is InChI=1S/C16H22FN3/c1-2-20-8-4-3-5-13(10-18)16(20)12-6-7-15(17)14(9-12)11-19/h6-7,9,13,16H,2-5,8,10,18H2,1H3. The number of likely N-dealkylation sites (tertiary alicyclic amines) is 1. The van der Waals surface area contributed by atoms with E-state index in [0.29, 0.717) is 12.5 Å². The van der Waals surface area contributed by atoms with Crippen molar-refractivity contribution in [3.05, 3.63) is 35.1 Å². The lowest BCUT2D eigenvalue weighted by atomic mass is 9.88. The highest BCUT2D eigenvalue weighted by molar-refractivity contribution is 5.36. The molecule has 4 heteroatoms. The summed E-state index contributed by atoms with van der Waals surface area (Å²) in [6.07, 6.45) is 3.45. The van der Waals surface area contributed by atoms with Gasteiger partial charge in [-0.15, -0.1) is 0 Å². The van der Waals surface area contributed by atoms with E-state index in [0.717, 1.165) is 25.1 Å². The topological polar surface area (TPSA) is 53.0 Å². The van der Waals surface area contributed by atoms with E-state index in [1.165, 1.54) is 18.9 Å². The van der Waals surface area contributed by atoms with Gasteiger partial charge in [-0.25, -0.2) is 4.39 Å². The van der Waals surface area contributed by atoms with Crippen molar-refractivity contribution in [1.82, 2.24) is 4.90 Å². The minimum atomic E-state index is -0.447. The first-order valence-electron chi connectivity index (χ1n) is 7.35. The summed E-state index contributed by atoms with van der Waals surface area (Å²) in [6, 6.07) is 7.02. The Balaban J connectivity index is 2.40. The van der Waals surface area contributed by atoms with Gasteiger partial charge in [0.05, 0.1) is 5.56 Å². The fourth-order valence-corrected chi connectivity index (χ4v) is 3.21. The summed E-state index contributed by atoms with van der Waals surface area (Å²) in [5.41, 5.74) is 7.09. The monoisotopic (exact) mass is 275 g/mol. The second-order valence-electron chi connectivity index (χ2n) is 5.42. The maximum absolute atomic E-state index is 13.5. The maximum Gasteiger partial charge on any atom is 0.140 e. The third kappa shape index (κ3) is 3.00. The van der Waals surface area contributed by atoms with Gasteiger partial charge in [0.25, 0.3) is 0 Å². The zero-order valence-electron chi connectivity index (χ0n) is 12.0. The Morgan fingerprint density at radius 1 is 1.45 bits per heavy atom. The molecule has 1 heterocycles. The minimum Gasteiger partial charge on any atom is -0.330 e. The molecule has 1 aromatic rings. The zero-order chi connectivity index (χ0) is 14.5. The summed E-state index contributed by atoms with van der Waals surface area (Å²) in [4.78, 5) is 2.40. The third-order valence-electron chi connectivity index (χ3n) is 4.27. The van der Waals surface area contributed by atoms with Gasteiger partial charge in [-0.2, -0.15) is 5.26 Å². The molecule has 1 aliphatic heterocycles. The molecule has 0 aliphatic carbocycles. The second kappa shape index (κ2) is 6.83.